The molecule has 0 unspecified atom stereocenters. The molecule has 0 saturated heterocycles. The van der Waals surface area contributed by atoms with Crippen LogP contribution in [0.3, 0.4) is 0 Å². The van der Waals surface area contributed by atoms with Crippen LogP contribution in [0, 0.1) is 6.92 Å². The van der Waals surface area contributed by atoms with E-state index in [-0.39, 0.29) is 30.2 Å². The van der Waals surface area contributed by atoms with Crippen molar-refractivity contribution in [1.29, 1.82) is 0 Å². The number of aromatic carboxylic acids is 1. The molecular weight excluding hydrogens is 362 g/mol. The van der Waals surface area contributed by atoms with Crippen molar-refractivity contribution in [3.05, 3.63) is 27.7 Å². The predicted molar refractivity (Wildman–Crippen MR) is 82.1 cm³/mol. The highest BCUT2D eigenvalue weighted by Gasteiger charge is 2.27. The first kappa shape index (κ1) is 18.1. The number of nitrogens with zero attached hydrogens (tertiary/aromatic N) is 1. The quantitative estimate of drug-likeness (QED) is 0.783. The largest absolute Gasteiger partial charge is 0.478 e. The maximum atomic E-state index is 12.7. The highest BCUT2D eigenvalue weighted by molar-refractivity contribution is 9.10. The zero-order valence-electron chi connectivity index (χ0n) is 12.1. The molecule has 1 N–H and O–H groups in total. The second kappa shape index (κ2) is 7.35. The molecule has 6 nitrogen and oxygen atoms in total. The van der Waals surface area contributed by atoms with Crippen LogP contribution in [0.25, 0.3) is 0 Å². The zero-order valence-corrected chi connectivity index (χ0v) is 14.5. The molecule has 0 aliphatic rings. The maximum absolute atomic E-state index is 12.7. The van der Waals surface area contributed by atoms with Gasteiger partial charge < -0.3 is 9.84 Å². The maximum Gasteiger partial charge on any atom is 0.335 e. The molecule has 118 valence electrons. The number of hydrogen-bond donors (Lipinski definition) is 1. The molecule has 0 atom stereocenters. The van der Waals surface area contributed by atoms with E-state index in [1.807, 2.05) is 0 Å². The lowest BCUT2D eigenvalue weighted by Crippen LogP contribution is -2.34. The molecule has 21 heavy (non-hydrogen) atoms. The van der Waals surface area contributed by atoms with Gasteiger partial charge in [-0.1, -0.05) is 6.92 Å². The van der Waals surface area contributed by atoms with Gasteiger partial charge >= 0.3 is 5.97 Å². The number of methoxy groups -OCH3 is 1. The smallest absolute Gasteiger partial charge is 0.335 e. The number of sulfonamides is 1. The van der Waals surface area contributed by atoms with Crippen molar-refractivity contribution in [3.8, 4) is 0 Å². The topological polar surface area (TPSA) is 83.9 Å². The second-order valence-corrected chi connectivity index (χ2v) is 7.10. The van der Waals surface area contributed by atoms with Gasteiger partial charge in [-0.15, -0.1) is 0 Å². The van der Waals surface area contributed by atoms with Crippen molar-refractivity contribution in [1.82, 2.24) is 4.31 Å². The van der Waals surface area contributed by atoms with Gasteiger partial charge in [0.2, 0.25) is 10.0 Å². The summed E-state index contributed by atoms with van der Waals surface area (Å²) in [6, 6.07) is 2.60. The molecule has 0 amide bonds. The van der Waals surface area contributed by atoms with E-state index in [0.717, 1.165) is 0 Å². The molecule has 0 spiro atoms. The van der Waals surface area contributed by atoms with Gasteiger partial charge in [0, 0.05) is 24.7 Å². The summed E-state index contributed by atoms with van der Waals surface area (Å²) in [6.07, 6.45) is 0. The third kappa shape index (κ3) is 4.03. The van der Waals surface area contributed by atoms with Crippen LogP contribution in [0.2, 0.25) is 0 Å². The number of hydrogen-bond acceptors (Lipinski definition) is 4. The first-order chi connectivity index (χ1) is 9.75. The van der Waals surface area contributed by atoms with E-state index in [1.54, 1.807) is 13.8 Å². The van der Waals surface area contributed by atoms with E-state index in [0.29, 0.717) is 10.0 Å². The van der Waals surface area contributed by atoms with Crippen LogP contribution in [0.15, 0.2) is 21.5 Å². The normalized spacial score (nSPS) is 11.9. The van der Waals surface area contributed by atoms with Crippen LogP contribution >= 0.6 is 15.9 Å². The number of halogens is 1. The number of carbonyl (C=O) groups is 1. The zero-order chi connectivity index (χ0) is 16.2. The number of aryl methyl sites for hydroxylation is 1. The number of ether oxygens (including phenoxy) is 1. The lowest BCUT2D eigenvalue weighted by molar-refractivity contribution is 0.0696. The molecular formula is C13H18BrNO5S. The van der Waals surface area contributed by atoms with Gasteiger partial charge in [0.1, 0.15) is 0 Å². The van der Waals surface area contributed by atoms with E-state index in [9.17, 15) is 13.2 Å². The van der Waals surface area contributed by atoms with Crippen LogP contribution in [-0.4, -0.2) is 50.6 Å². The SMILES string of the molecule is CCN(CCOC)S(=O)(=O)c1cc(C(=O)O)cc(C)c1Br. The second-order valence-electron chi connectivity index (χ2n) is 4.40. The number of likely N-dealkylation sites (N-methyl/N-ethyl adjacent to an activating group) is 1. The molecule has 1 aromatic rings. The number of rotatable bonds is 7. The van der Waals surface area contributed by atoms with Crippen molar-refractivity contribution in [2.45, 2.75) is 18.7 Å². The Hall–Kier alpha value is -0.960. The summed E-state index contributed by atoms with van der Waals surface area (Å²) in [6.45, 7) is 4.12. The Morgan fingerprint density at radius 2 is 2.05 bits per heavy atom. The van der Waals surface area contributed by atoms with Gasteiger partial charge in [-0.2, -0.15) is 4.31 Å². The van der Waals surface area contributed by atoms with Crippen LogP contribution < -0.4 is 0 Å². The fraction of sp³-hybridized carbons (Fsp3) is 0.462. The highest BCUT2D eigenvalue weighted by Crippen LogP contribution is 2.29. The predicted octanol–water partition coefficient (Wildman–Crippen LogP) is 2.11. The Kier molecular flexibility index (Phi) is 6.33. The molecule has 0 aliphatic heterocycles. The molecule has 0 aliphatic carbocycles. The Labute approximate surface area is 132 Å². The molecule has 1 rings (SSSR count). The highest BCUT2D eigenvalue weighted by atomic mass is 79.9. The average molecular weight is 380 g/mol. The Morgan fingerprint density at radius 3 is 2.52 bits per heavy atom. The Bertz CT molecular complexity index is 630. The molecule has 1 aromatic carbocycles. The van der Waals surface area contributed by atoms with Gasteiger partial charge in [-0.25, -0.2) is 13.2 Å². The minimum Gasteiger partial charge on any atom is -0.478 e. The van der Waals surface area contributed by atoms with Crippen molar-refractivity contribution >= 4 is 31.9 Å². The summed E-state index contributed by atoms with van der Waals surface area (Å²) in [7, 11) is -2.30. The Morgan fingerprint density at radius 1 is 1.43 bits per heavy atom. The van der Waals surface area contributed by atoms with E-state index < -0.39 is 16.0 Å². The van der Waals surface area contributed by atoms with Crippen molar-refractivity contribution in [2.75, 3.05) is 26.8 Å². The minimum atomic E-state index is -3.79. The summed E-state index contributed by atoms with van der Waals surface area (Å²) < 4.78 is 31.9. The van der Waals surface area contributed by atoms with Gasteiger partial charge in [0.25, 0.3) is 0 Å². The Balaban J connectivity index is 3.39. The van der Waals surface area contributed by atoms with E-state index >= 15 is 0 Å². The molecule has 0 fully saturated rings. The third-order valence-corrected chi connectivity index (χ3v) is 6.30. The van der Waals surface area contributed by atoms with Crippen LogP contribution in [0.5, 0.6) is 0 Å². The lowest BCUT2D eigenvalue weighted by Gasteiger charge is -2.21. The van der Waals surface area contributed by atoms with Crippen molar-refractivity contribution < 1.29 is 23.1 Å². The minimum absolute atomic E-state index is 0.0437. The molecule has 0 radical (unpaired) electrons. The summed E-state index contributed by atoms with van der Waals surface area (Å²) in [5.41, 5.74) is 0.494. The van der Waals surface area contributed by atoms with Gasteiger partial charge in [-0.3, -0.25) is 0 Å². The van der Waals surface area contributed by atoms with Crippen LogP contribution in [0.4, 0.5) is 0 Å². The monoisotopic (exact) mass is 379 g/mol. The third-order valence-electron chi connectivity index (χ3n) is 2.98. The first-order valence-corrected chi connectivity index (χ1v) is 8.51. The fourth-order valence-electron chi connectivity index (χ4n) is 1.83. The average Bonchev–Trinajstić information content (AvgIpc) is 2.41. The van der Waals surface area contributed by atoms with Gasteiger partial charge in [0.05, 0.1) is 17.1 Å². The van der Waals surface area contributed by atoms with Gasteiger partial charge in [-0.05, 0) is 40.5 Å². The number of carboxylic acids is 1. The fourth-order valence-corrected chi connectivity index (χ4v) is 4.27. The number of benzene rings is 1. The van der Waals surface area contributed by atoms with Crippen LogP contribution in [0.1, 0.15) is 22.8 Å². The molecule has 8 heteroatoms. The summed E-state index contributed by atoms with van der Waals surface area (Å²) in [5, 5.41) is 9.08. The summed E-state index contributed by atoms with van der Waals surface area (Å²) in [4.78, 5) is 11.1. The number of carboxylic acid groups (broad SMARTS) is 1. The molecule has 0 bridgehead atoms. The summed E-state index contributed by atoms with van der Waals surface area (Å²) in [5.74, 6) is -1.16. The molecule has 0 aromatic heterocycles. The summed E-state index contributed by atoms with van der Waals surface area (Å²) >= 11 is 3.23. The van der Waals surface area contributed by atoms with Crippen LogP contribution in [-0.2, 0) is 14.8 Å². The molecule has 0 saturated carbocycles. The van der Waals surface area contributed by atoms with E-state index in [1.165, 1.54) is 23.5 Å². The first-order valence-electron chi connectivity index (χ1n) is 6.28. The van der Waals surface area contributed by atoms with E-state index in [2.05, 4.69) is 15.9 Å². The van der Waals surface area contributed by atoms with Gasteiger partial charge in [0.15, 0.2) is 0 Å². The molecule has 0 heterocycles. The van der Waals surface area contributed by atoms with Crippen molar-refractivity contribution in [2.24, 2.45) is 0 Å². The van der Waals surface area contributed by atoms with E-state index in [4.69, 9.17) is 9.84 Å². The standard InChI is InChI=1S/C13H18BrNO5S/c1-4-15(5-6-20-3)21(18,19)11-8-10(13(16)17)7-9(2)12(11)14/h7-8H,4-6H2,1-3H3,(H,16,17). The lowest BCUT2D eigenvalue weighted by atomic mass is 10.1. The van der Waals surface area contributed by atoms with Crippen molar-refractivity contribution in [3.63, 3.8) is 0 Å².